The highest BCUT2D eigenvalue weighted by atomic mass is 16.7. The molecule has 0 bridgehead atoms. The number of amides is 1. The third kappa shape index (κ3) is 3.74. The van der Waals surface area contributed by atoms with Gasteiger partial charge in [0.25, 0.3) is 5.91 Å². The molecule has 0 spiro atoms. The number of hydrogen-bond donors (Lipinski definition) is 2. The van der Waals surface area contributed by atoms with Crippen molar-refractivity contribution in [3.8, 4) is 17.2 Å². The number of carbonyl (C=O) groups is 1. The van der Waals surface area contributed by atoms with Crippen LogP contribution in [0, 0.1) is 0 Å². The lowest BCUT2D eigenvalue weighted by Gasteiger charge is -2.09. The van der Waals surface area contributed by atoms with Crippen molar-refractivity contribution in [1.82, 2.24) is 9.97 Å². The summed E-state index contributed by atoms with van der Waals surface area (Å²) in [7, 11) is 1.61. The molecule has 4 rings (SSSR count). The minimum Gasteiger partial charge on any atom is -0.497 e. The number of rotatable bonds is 5. The first kappa shape index (κ1) is 16.6. The average Bonchev–Trinajstić information content (AvgIpc) is 3.16. The van der Waals surface area contributed by atoms with Crippen molar-refractivity contribution in [2.45, 2.75) is 0 Å². The van der Waals surface area contributed by atoms with Crippen LogP contribution in [0.5, 0.6) is 17.2 Å². The lowest BCUT2D eigenvalue weighted by atomic mass is 10.2. The van der Waals surface area contributed by atoms with Gasteiger partial charge in [0.05, 0.1) is 7.11 Å². The summed E-state index contributed by atoms with van der Waals surface area (Å²) in [4.78, 5) is 20.7. The summed E-state index contributed by atoms with van der Waals surface area (Å²) in [6, 6.07) is 14.1. The lowest BCUT2D eigenvalue weighted by molar-refractivity contribution is 0.102. The van der Waals surface area contributed by atoms with Crippen LogP contribution in [-0.4, -0.2) is 29.8 Å². The largest absolute Gasteiger partial charge is 0.497 e. The van der Waals surface area contributed by atoms with E-state index in [4.69, 9.17) is 14.2 Å². The standard InChI is InChI=1S/C19H16N4O4/c1-25-14-5-2-12(3-6-14)22-18-9-15(20-10-21-18)19(24)23-13-4-7-16-17(8-13)27-11-26-16/h2-10H,11H2,1H3,(H,23,24)(H,20,21,22). The molecule has 8 heteroatoms. The highest BCUT2D eigenvalue weighted by molar-refractivity contribution is 6.03. The molecule has 2 aromatic carbocycles. The number of nitrogens with zero attached hydrogens (tertiary/aromatic N) is 2. The van der Waals surface area contributed by atoms with E-state index in [1.165, 1.54) is 6.33 Å². The van der Waals surface area contributed by atoms with Crippen LogP contribution in [0.15, 0.2) is 54.9 Å². The molecule has 0 saturated carbocycles. The van der Waals surface area contributed by atoms with Crippen molar-refractivity contribution >= 4 is 23.1 Å². The summed E-state index contributed by atoms with van der Waals surface area (Å²) in [6.07, 6.45) is 1.33. The van der Waals surface area contributed by atoms with Crippen LogP contribution in [0.4, 0.5) is 17.2 Å². The summed E-state index contributed by atoms with van der Waals surface area (Å²) >= 11 is 0. The molecule has 136 valence electrons. The molecule has 1 amide bonds. The van der Waals surface area contributed by atoms with Crippen LogP contribution in [0.1, 0.15) is 10.5 Å². The predicted octanol–water partition coefficient (Wildman–Crippen LogP) is 3.21. The average molecular weight is 364 g/mol. The maximum Gasteiger partial charge on any atom is 0.274 e. The number of benzene rings is 2. The van der Waals surface area contributed by atoms with Crippen LogP contribution in [0.25, 0.3) is 0 Å². The fourth-order valence-corrected chi connectivity index (χ4v) is 2.54. The second-order valence-corrected chi connectivity index (χ2v) is 5.66. The Balaban J connectivity index is 1.47. The number of ether oxygens (including phenoxy) is 3. The monoisotopic (exact) mass is 364 g/mol. The predicted molar refractivity (Wildman–Crippen MR) is 98.8 cm³/mol. The number of aromatic nitrogens is 2. The molecule has 0 fully saturated rings. The van der Waals surface area contributed by atoms with E-state index in [0.717, 1.165) is 11.4 Å². The molecule has 3 aromatic rings. The van der Waals surface area contributed by atoms with Crippen LogP contribution in [0.3, 0.4) is 0 Å². The van der Waals surface area contributed by atoms with Crippen molar-refractivity contribution in [3.05, 3.63) is 60.6 Å². The fourth-order valence-electron chi connectivity index (χ4n) is 2.54. The molecule has 0 aliphatic carbocycles. The number of nitrogens with one attached hydrogen (secondary N) is 2. The van der Waals surface area contributed by atoms with Gasteiger partial charge in [0, 0.05) is 23.5 Å². The van der Waals surface area contributed by atoms with Gasteiger partial charge in [0.1, 0.15) is 23.6 Å². The van der Waals surface area contributed by atoms with Gasteiger partial charge in [-0.05, 0) is 36.4 Å². The zero-order valence-electron chi connectivity index (χ0n) is 14.4. The summed E-state index contributed by atoms with van der Waals surface area (Å²) < 4.78 is 15.7. The molecular weight excluding hydrogens is 348 g/mol. The van der Waals surface area contributed by atoms with Crippen LogP contribution in [-0.2, 0) is 0 Å². The van der Waals surface area contributed by atoms with Crippen molar-refractivity contribution in [1.29, 1.82) is 0 Å². The third-order valence-corrected chi connectivity index (χ3v) is 3.89. The van der Waals surface area contributed by atoms with Crippen molar-refractivity contribution in [2.75, 3.05) is 24.5 Å². The van der Waals surface area contributed by atoms with Crippen LogP contribution < -0.4 is 24.8 Å². The first-order valence-corrected chi connectivity index (χ1v) is 8.15. The van der Waals surface area contributed by atoms with Crippen LogP contribution >= 0.6 is 0 Å². The number of hydrogen-bond acceptors (Lipinski definition) is 7. The molecule has 0 unspecified atom stereocenters. The van der Waals surface area contributed by atoms with E-state index in [-0.39, 0.29) is 18.4 Å². The van der Waals surface area contributed by atoms with Crippen molar-refractivity contribution in [3.63, 3.8) is 0 Å². The molecule has 2 heterocycles. The minimum absolute atomic E-state index is 0.180. The van der Waals surface area contributed by atoms with E-state index >= 15 is 0 Å². The Kier molecular flexibility index (Phi) is 4.44. The zero-order valence-corrected chi connectivity index (χ0v) is 14.4. The summed E-state index contributed by atoms with van der Waals surface area (Å²) in [5, 5.41) is 5.91. The van der Waals surface area contributed by atoms with Crippen molar-refractivity contribution < 1.29 is 19.0 Å². The van der Waals surface area contributed by atoms with E-state index < -0.39 is 0 Å². The van der Waals surface area contributed by atoms with Crippen molar-refractivity contribution in [2.24, 2.45) is 0 Å². The smallest absolute Gasteiger partial charge is 0.274 e. The van der Waals surface area contributed by atoms with E-state index in [9.17, 15) is 4.79 Å². The molecule has 8 nitrogen and oxygen atoms in total. The third-order valence-electron chi connectivity index (χ3n) is 3.89. The maximum absolute atomic E-state index is 12.5. The molecule has 27 heavy (non-hydrogen) atoms. The molecular formula is C19H16N4O4. The molecule has 2 N–H and O–H groups in total. The number of methoxy groups -OCH3 is 1. The van der Waals surface area contributed by atoms with Crippen LogP contribution in [0.2, 0.25) is 0 Å². The Bertz CT molecular complexity index is 976. The summed E-state index contributed by atoms with van der Waals surface area (Å²) in [5.74, 6) is 2.16. The number of anilines is 3. The van der Waals surface area contributed by atoms with Gasteiger partial charge in [-0.25, -0.2) is 9.97 Å². The first-order chi connectivity index (χ1) is 13.2. The molecule has 0 saturated heterocycles. The summed E-state index contributed by atoms with van der Waals surface area (Å²) in [6.45, 7) is 0.180. The zero-order chi connectivity index (χ0) is 18.6. The number of carbonyl (C=O) groups excluding carboxylic acids is 1. The highest BCUT2D eigenvalue weighted by Gasteiger charge is 2.15. The van der Waals surface area contributed by atoms with Gasteiger partial charge >= 0.3 is 0 Å². The fraction of sp³-hybridized carbons (Fsp3) is 0.105. The van der Waals surface area contributed by atoms with Gasteiger partial charge in [0.2, 0.25) is 6.79 Å². The Labute approximate surface area is 155 Å². The van der Waals surface area contributed by atoms with Gasteiger partial charge in [-0.2, -0.15) is 0 Å². The maximum atomic E-state index is 12.5. The molecule has 1 aliphatic rings. The van der Waals surface area contributed by atoms with E-state index in [0.29, 0.717) is 23.0 Å². The Hall–Kier alpha value is -3.81. The Morgan fingerprint density at radius 3 is 2.59 bits per heavy atom. The van der Waals surface area contributed by atoms with Gasteiger partial charge in [-0.1, -0.05) is 0 Å². The van der Waals surface area contributed by atoms with Gasteiger partial charge in [0.15, 0.2) is 11.5 Å². The number of fused-ring (bicyclic) bond motifs is 1. The Morgan fingerprint density at radius 1 is 1.00 bits per heavy atom. The Morgan fingerprint density at radius 2 is 1.78 bits per heavy atom. The molecule has 1 aromatic heterocycles. The normalized spacial score (nSPS) is 11.7. The lowest BCUT2D eigenvalue weighted by Crippen LogP contribution is -2.14. The first-order valence-electron chi connectivity index (χ1n) is 8.15. The minimum atomic E-state index is -0.353. The van der Waals surface area contributed by atoms with E-state index in [1.54, 1.807) is 31.4 Å². The topological polar surface area (TPSA) is 94.6 Å². The molecule has 0 radical (unpaired) electrons. The second-order valence-electron chi connectivity index (χ2n) is 5.66. The van der Waals surface area contributed by atoms with E-state index in [1.807, 2.05) is 24.3 Å². The quantitative estimate of drug-likeness (QED) is 0.718. The highest BCUT2D eigenvalue weighted by Crippen LogP contribution is 2.34. The SMILES string of the molecule is COc1ccc(Nc2cc(C(=O)Nc3ccc4c(c3)OCO4)ncn2)cc1. The second kappa shape index (κ2) is 7.20. The van der Waals surface area contributed by atoms with Gasteiger partial charge in [-0.15, -0.1) is 0 Å². The van der Waals surface area contributed by atoms with Gasteiger partial charge < -0.3 is 24.8 Å². The molecule has 1 aliphatic heterocycles. The molecule has 0 atom stereocenters. The summed E-state index contributed by atoms with van der Waals surface area (Å²) in [5.41, 5.74) is 1.64. The van der Waals surface area contributed by atoms with E-state index in [2.05, 4.69) is 20.6 Å². The van der Waals surface area contributed by atoms with Gasteiger partial charge in [-0.3, -0.25) is 4.79 Å².